The summed E-state index contributed by atoms with van der Waals surface area (Å²) in [7, 11) is 0. The SMILES string of the molecule is FC(F)(F)Cn1c(SCc2cn3cccnc3n2)nnc1N1CCOCC1. The Morgan fingerprint density at radius 3 is 2.74 bits per heavy atom. The van der Waals surface area contributed by atoms with E-state index in [9.17, 15) is 13.2 Å². The van der Waals surface area contributed by atoms with Crippen LogP contribution in [0, 0.1) is 0 Å². The van der Waals surface area contributed by atoms with Gasteiger partial charge in [-0.25, -0.2) is 9.97 Å². The van der Waals surface area contributed by atoms with E-state index in [1.54, 1.807) is 27.8 Å². The molecule has 0 radical (unpaired) electrons. The molecular formula is C15H16F3N7OS. The molecule has 1 saturated heterocycles. The maximum Gasteiger partial charge on any atom is 0.406 e. The fourth-order valence-electron chi connectivity index (χ4n) is 2.79. The second-order valence-corrected chi connectivity index (χ2v) is 6.87. The lowest BCUT2D eigenvalue weighted by atomic mass is 10.4. The van der Waals surface area contributed by atoms with Gasteiger partial charge in [0.1, 0.15) is 6.54 Å². The normalized spacial score (nSPS) is 15.6. The van der Waals surface area contributed by atoms with E-state index in [-0.39, 0.29) is 11.1 Å². The molecule has 1 aliphatic heterocycles. The summed E-state index contributed by atoms with van der Waals surface area (Å²) < 4.78 is 47.4. The zero-order chi connectivity index (χ0) is 18.9. The van der Waals surface area contributed by atoms with Gasteiger partial charge in [0.2, 0.25) is 11.7 Å². The van der Waals surface area contributed by atoms with E-state index in [4.69, 9.17) is 4.74 Å². The van der Waals surface area contributed by atoms with E-state index in [1.165, 1.54) is 11.8 Å². The van der Waals surface area contributed by atoms with Crippen molar-refractivity contribution < 1.29 is 17.9 Å². The number of alkyl halides is 3. The Balaban J connectivity index is 1.56. The third kappa shape index (κ3) is 4.16. The first-order valence-corrected chi connectivity index (χ1v) is 9.22. The maximum atomic E-state index is 13.1. The van der Waals surface area contributed by atoms with Crippen molar-refractivity contribution in [1.29, 1.82) is 0 Å². The second-order valence-electron chi connectivity index (χ2n) is 5.93. The van der Waals surface area contributed by atoms with Crippen LogP contribution < -0.4 is 4.90 Å². The molecule has 1 fully saturated rings. The Hall–Kier alpha value is -2.34. The molecule has 8 nitrogen and oxygen atoms in total. The number of fused-ring (bicyclic) bond motifs is 1. The first-order chi connectivity index (χ1) is 13.0. The van der Waals surface area contributed by atoms with Crippen LogP contribution >= 0.6 is 11.8 Å². The first kappa shape index (κ1) is 18.0. The number of rotatable bonds is 5. The standard InChI is InChI=1S/C15H16F3N7OS/c16-15(17,18)10-25-13(23-4-6-26-7-5-23)21-22-14(25)27-9-11-8-24-3-1-2-19-12(24)20-11/h1-3,8H,4-7,9-10H2. The van der Waals surface area contributed by atoms with Crippen LogP contribution in [0.3, 0.4) is 0 Å². The van der Waals surface area contributed by atoms with Gasteiger partial charge in [-0.3, -0.25) is 8.97 Å². The predicted octanol–water partition coefficient (Wildman–Crippen LogP) is 2.01. The van der Waals surface area contributed by atoms with E-state index in [0.29, 0.717) is 43.5 Å². The molecule has 27 heavy (non-hydrogen) atoms. The number of hydrogen-bond donors (Lipinski definition) is 0. The topological polar surface area (TPSA) is 73.4 Å². The summed E-state index contributed by atoms with van der Waals surface area (Å²) in [5.74, 6) is 1.12. The average Bonchev–Trinajstić information content (AvgIpc) is 3.23. The summed E-state index contributed by atoms with van der Waals surface area (Å²) in [6.07, 6.45) is 0.869. The van der Waals surface area contributed by atoms with E-state index in [0.717, 1.165) is 4.57 Å². The molecule has 0 N–H and O–H groups in total. The Morgan fingerprint density at radius 1 is 1.19 bits per heavy atom. The highest BCUT2D eigenvalue weighted by Crippen LogP contribution is 2.29. The highest BCUT2D eigenvalue weighted by molar-refractivity contribution is 7.98. The van der Waals surface area contributed by atoms with Crippen LogP contribution in [0.2, 0.25) is 0 Å². The molecule has 3 aromatic rings. The predicted molar refractivity (Wildman–Crippen MR) is 91.7 cm³/mol. The van der Waals surface area contributed by atoms with Crippen LogP contribution in [-0.4, -0.2) is 61.6 Å². The van der Waals surface area contributed by atoms with E-state index in [1.807, 2.05) is 6.20 Å². The maximum absolute atomic E-state index is 13.1. The number of nitrogens with zero attached hydrogens (tertiary/aromatic N) is 7. The molecule has 0 spiro atoms. The molecule has 0 atom stereocenters. The lowest BCUT2D eigenvalue weighted by Crippen LogP contribution is -2.38. The zero-order valence-corrected chi connectivity index (χ0v) is 14.9. The Morgan fingerprint density at radius 2 is 2.00 bits per heavy atom. The van der Waals surface area contributed by atoms with Crippen molar-refractivity contribution in [3.8, 4) is 0 Å². The summed E-state index contributed by atoms with van der Waals surface area (Å²) in [4.78, 5) is 10.2. The van der Waals surface area contributed by atoms with Crippen molar-refractivity contribution >= 4 is 23.5 Å². The van der Waals surface area contributed by atoms with Gasteiger partial charge in [0.05, 0.1) is 18.9 Å². The fraction of sp³-hybridized carbons (Fsp3) is 0.467. The number of halogens is 3. The summed E-state index contributed by atoms with van der Waals surface area (Å²) in [5, 5.41) is 8.20. The summed E-state index contributed by atoms with van der Waals surface area (Å²) in [5.41, 5.74) is 0.702. The molecule has 12 heteroatoms. The molecule has 3 aromatic heterocycles. The van der Waals surface area contributed by atoms with Crippen LogP contribution in [0.1, 0.15) is 5.69 Å². The molecule has 0 aromatic carbocycles. The molecule has 144 valence electrons. The quantitative estimate of drug-likeness (QED) is 0.608. The lowest BCUT2D eigenvalue weighted by molar-refractivity contribution is -0.141. The smallest absolute Gasteiger partial charge is 0.378 e. The first-order valence-electron chi connectivity index (χ1n) is 8.24. The average molecular weight is 399 g/mol. The number of anilines is 1. The van der Waals surface area contributed by atoms with Crippen molar-refractivity contribution in [2.45, 2.75) is 23.6 Å². The number of ether oxygens (including phenoxy) is 1. The van der Waals surface area contributed by atoms with E-state index in [2.05, 4.69) is 20.2 Å². The molecule has 0 unspecified atom stereocenters. The minimum Gasteiger partial charge on any atom is -0.378 e. The van der Waals surface area contributed by atoms with Crippen LogP contribution in [0.5, 0.6) is 0 Å². The molecule has 0 saturated carbocycles. The molecule has 4 heterocycles. The Labute approximate surface area is 156 Å². The van der Waals surface area contributed by atoms with Gasteiger partial charge in [-0.15, -0.1) is 10.2 Å². The van der Waals surface area contributed by atoms with Crippen LogP contribution in [0.4, 0.5) is 19.1 Å². The molecular weight excluding hydrogens is 383 g/mol. The Bertz CT molecular complexity index is 887. The number of thioether (sulfide) groups is 1. The zero-order valence-electron chi connectivity index (χ0n) is 14.1. The fourth-order valence-corrected chi connectivity index (χ4v) is 3.61. The number of morpholine rings is 1. The second kappa shape index (κ2) is 7.35. The lowest BCUT2D eigenvalue weighted by Gasteiger charge is -2.28. The van der Waals surface area contributed by atoms with Gasteiger partial charge >= 0.3 is 6.18 Å². The summed E-state index contributed by atoms with van der Waals surface area (Å²) >= 11 is 1.17. The number of imidazole rings is 1. The van der Waals surface area contributed by atoms with Gasteiger partial charge in [-0.1, -0.05) is 11.8 Å². The minimum atomic E-state index is -4.37. The third-order valence-corrected chi connectivity index (χ3v) is 4.96. The van der Waals surface area contributed by atoms with Crippen molar-refractivity contribution in [1.82, 2.24) is 29.1 Å². The van der Waals surface area contributed by atoms with E-state index >= 15 is 0 Å². The monoisotopic (exact) mass is 399 g/mol. The van der Waals surface area contributed by atoms with Gasteiger partial charge in [0, 0.05) is 37.4 Å². The van der Waals surface area contributed by atoms with Gasteiger partial charge in [0.25, 0.3) is 0 Å². The highest BCUT2D eigenvalue weighted by atomic mass is 32.2. The van der Waals surface area contributed by atoms with Crippen LogP contribution in [-0.2, 0) is 17.0 Å². The molecule has 0 amide bonds. The van der Waals surface area contributed by atoms with Crippen molar-refractivity contribution in [3.05, 3.63) is 30.4 Å². The van der Waals surface area contributed by atoms with Crippen molar-refractivity contribution in [2.75, 3.05) is 31.2 Å². The minimum absolute atomic E-state index is 0.207. The van der Waals surface area contributed by atoms with Crippen molar-refractivity contribution in [2.24, 2.45) is 0 Å². The van der Waals surface area contributed by atoms with Gasteiger partial charge in [-0.05, 0) is 6.07 Å². The molecule has 0 bridgehead atoms. The van der Waals surface area contributed by atoms with Crippen LogP contribution in [0.15, 0.2) is 29.8 Å². The third-order valence-electron chi connectivity index (χ3n) is 3.96. The largest absolute Gasteiger partial charge is 0.406 e. The Kier molecular flexibility index (Phi) is 4.91. The highest BCUT2D eigenvalue weighted by Gasteiger charge is 2.32. The van der Waals surface area contributed by atoms with Gasteiger partial charge in [0.15, 0.2) is 5.16 Å². The molecule has 4 rings (SSSR count). The summed E-state index contributed by atoms with van der Waals surface area (Å²) in [6, 6.07) is 1.78. The van der Waals surface area contributed by atoms with E-state index < -0.39 is 12.7 Å². The van der Waals surface area contributed by atoms with Gasteiger partial charge in [-0.2, -0.15) is 13.2 Å². The number of aromatic nitrogens is 6. The molecule has 1 aliphatic rings. The number of hydrogen-bond acceptors (Lipinski definition) is 7. The van der Waals surface area contributed by atoms with Gasteiger partial charge < -0.3 is 9.64 Å². The summed E-state index contributed by atoms with van der Waals surface area (Å²) in [6.45, 7) is 0.741. The molecule has 0 aliphatic carbocycles. The van der Waals surface area contributed by atoms with Crippen molar-refractivity contribution in [3.63, 3.8) is 0 Å². The van der Waals surface area contributed by atoms with Crippen LogP contribution in [0.25, 0.3) is 5.78 Å².